The maximum atomic E-state index is 12.2. The third-order valence-electron chi connectivity index (χ3n) is 2.78. The lowest BCUT2D eigenvalue weighted by Crippen LogP contribution is -2.61. The number of nitrogens with zero attached hydrogens (tertiary/aromatic N) is 3. The lowest BCUT2D eigenvalue weighted by atomic mass is 10.2. The maximum absolute atomic E-state index is 12.2. The third kappa shape index (κ3) is 1.53. The molecule has 7 heteroatoms. The molecule has 3 aliphatic rings. The number of carbonyl (C=O) groups is 1. The minimum atomic E-state index is -0.118. The highest BCUT2D eigenvalue weighted by atomic mass is 32.2. The number of aliphatic imine (C=N–C) groups is 2. The number of amides is 1. The molecule has 86 valence electrons. The highest BCUT2D eigenvalue weighted by Crippen LogP contribution is 2.34. The predicted molar refractivity (Wildman–Crippen MR) is 67.9 cm³/mol. The first-order valence-electron chi connectivity index (χ1n) is 5.20. The molecule has 0 saturated carbocycles. The Morgan fingerprint density at radius 3 is 3.31 bits per heavy atom. The molecule has 1 saturated heterocycles. The molecule has 1 amide bonds. The van der Waals surface area contributed by atoms with Crippen LogP contribution in [-0.4, -0.2) is 51.9 Å². The second-order valence-electron chi connectivity index (χ2n) is 3.78. The summed E-state index contributed by atoms with van der Waals surface area (Å²) < 4.78 is 0.983. The summed E-state index contributed by atoms with van der Waals surface area (Å²) in [5.41, 5.74) is 0. The summed E-state index contributed by atoms with van der Waals surface area (Å²) in [4.78, 5) is 22.8. The van der Waals surface area contributed by atoms with Gasteiger partial charge in [0.1, 0.15) is 15.8 Å². The van der Waals surface area contributed by atoms with Crippen LogP contribution in [-0.2, 0) is 4.79 Å². The molecule has 3 aliphatic heterocycles. The molecule has 0 aliphatic carbocycles. The number of carbonyl (C=O) groups excluding carboxylic acids is 1. The van der Waals surface area contributed by atoms with Crippen LogP contribution in [0.25, 0.3) is 0 Å². The van der Waals surface area contributed by atoms with Crippen LogP contribution in [0.2, 0.25) is 0 Å². The van der Waals surface area contributed by atoms with Crippen molar-refractivity contribution in [2.75, 3.05) is 19.3 Å². The summed E-state index contributed by atoms with van der Waals surface area (Å²) >= 11 is 3.16. The molecule has 3 heterocycles. The summed E-state index contributed by atoms with van der Waals surface area (Å²) in [5.74, 6) is 0.865. The first-order valence-corrected chi connectivity index (χ1v) is 7.31. The van der Waals surface area contributed by atoms with Gasteiger partial charge in [-0.25, -0.2) is 4.99 Å². The largest absolute Gasteiger partial charge is 0.333 e. The van der Waals surface area contributed by atoms with Crippen molar-refractivity contribution in [2.45, 2.75) is 17.8 Å². The van der Waals surface area contributed by atoms with E-state index in [1.165, 1.54) is 0 Å². The van der Waals surface area contributed by atoms with Crippen molar-refractivity contribution in [3.05, 3.63) is 0 Å². The van der Waals surface area contributed by atoms with Gasteiger partial charge in [0.05, 0.1) is 0 Å². The van der Waals surface area contributed by atoms with Gasteiger partial charge in [-0.3, -0.25) is 14.7 Å². The van der Waals surface area contributed by atoms with Gasteiger partial charge >= 0.3 is 0 Å². The van der Waals surface area contributed by atoms with Gasteiger partial charge in [-0.05, 0) is 12.7 Å². The molecule has 2 unspecified atom stereocenters. The molecular formula is C9H12N4OS2. The van der Waals surface area contributed by atoms with Gasteiger partial charge in [0.2, 0.25) is 11.9 Å². The normalized spacial score (nSPS) is 32.6. The highest BCUT2D eigenvalue weighted by molar-refractivity contribution is 8.39. The monoisotopic (exact) mass is 256 g/mol. The molecule has 5 nitrogen and oxygen atoms in total. The van der Waals surface area contributed by atoms with E-state index >= 15 is 0 Å². The summed E-state index contributed by atoms with van der Waals surface area (Å²) in [5, 5.41) is 3.15. The molecule has 1 N–H and O–H groups in total. The van der Waals surface area contributed by atoms with E-state index in [1.807, 2.05) is 6.26 Å². The third-order valence-corrected chi connectivity index (χ3v) is 5.04. The van der Waals surface area contributed by atoms with Crippen LogP contribution >= 0.6 is 23.5 Å². The number of nitrogens with one attached hydrogen (secondary N) is 1. The fourth-order valence-electron chi connectivity index (χ4n) is 2.01. The van der Waals surface area contributed by atoms with Crippen LogP contribution < -0.4 is 5.32 Å². The number of hydrogen-bond donors (Lipinski definition) is 1. The van der Waals surface area contributed by atoms with Crippen molar-refractivity contribution < 1.29 is 4.79 Å². The molecule has 0 bridgehead atoms. The van der Waals surface area contributed by atoms with Crippen molar-refractivity contribution in [3.8, 4) is 0 Å². The quantitative estimate of drug-likeness (QED) is 0.679. The van der Waals surface area contributed by atoms with Crippen LogP contribution in [0.4, 0.5) is 0 Å². The van der Waals surface area contributed by atoms with E-state index in [9.17, 15) is 4.79 Å². The van der Waals surface area contributed by atoms with E-state index in [4.69, 9.17) is 0 Å². The minimum absolute atomic E-state index is 0.0977. The zero-order valence-electron chi connectivity index (χ0n) is 8.84. The number of thioether (sulfide) groups is 2. The van der Waals surface area contributed by atoms with Crippen molar-refractivity contribution in [2.24, 2.45) is 9.98 Å². The summed E-state index contributed by atoms with van der Waals surface area (Å²) in [6, 6.07) is 0. The molecule has 2 atom stereocenters. The summed E-state index contributed by atoms with van der Waals surface area (Å²) in [7, 11) is 0. The molecular weight excluding hydrogens is 244 g/mol. The van der Waals surface area contributed by atoms with E-state index < -0.39 is 0 Å². The average molecular weight is 256 g/mol. The van der Waals surface area contributed by atoms with Crippen molar-refractivity contribution in [1.29, 1.82) is 0 Å². The van der Waals surface area contributed by atoms with Crippen LogP contribution in [0, 0.1) is 0 Å². The molecule has 0 aromatic heterocycles. The lowest BCUT2D eigenvalue weighted by Gasteiger charge is -2.36. The van der Waals surface area contributed by atoms with Crippen molar-refractivity contribution in [1.82, 2.24) is 10.2 Å². The highest BCUT2D eigenvalue weighted by Gasteiger charge is 2.44. The van der Waals surface area contributed by atoms with Crippen molar-refractivity contribution in [3.63, 3.8) is 0 Å². The number of guanidine groups is 1. The van der Waals surface area contributed by atoms with Crippen molar-refractivity contribution >= 4 is 39.8 Å². The molecule has 0 aromatic carbocycles. The molecule has 0 aromatic rings. The van der Waals surface area contributed by atoms with E-state index in [1.54, 1.807) is 28.4 Å². The number of hydrogen-bond acceptors (Lipinski definition) is 6. The standard InChI is InChI=1S/C9H12N4OS2/c1-15-9-12-6-5(16-9)7(14)13-4-2-3-10-8(13)11-6/h5-6H,2-4H2,1H3,(H,10,11). The van der Waals surface area contributed by atoms with Gasteiger partial charge in [-0.15, -0.1) is 11.8 Å². The van der Waals surface area contributed by atoms with Crippen LogP contribution in [0.5, 0.6) is 0 Å². The van der Waals surface area contributed by atoms with Gasteiger partial charge < -0.3 is 5.32 Å². The van der Waals surface area contributed by atoms with E-state index in [2.05, 4.69) is 15.3 Å². The predicted octanol–water partition coefficient (Wildman–Crippen LogP) is 0.338. The SMILES string of the molecule is CSC1=NC2NC3=NCCCN3C(=O)C2S1. The Morgan fingerprint density at radius 1 is 1.62 bits per heavy atom. The van der Waals surface area contributed by atoms with Crippen LogP contribution in [0.1, 0.15) is 6.42 Å². The number of fused-ring (bicyclic) bond motifs is 2. The fourth-order valence-corrected chi connectivity index (χ4v) is 3.80. The Morgan fingerprint density at radius 2 is 2.50 bits per heavy atom. The topological polar surface area (TPSA) is 57.1 Å². The maximum Gasteiger partial charge on any atom is 0.246 e. The van der Waals surface area contributed by atoms with Crippen LogP contribution in [0.3, 0.4) is 0 Å². The first kappa shape index (κ1) is 10.5. The second kappa shape index (κ2) is 3.96. The van der Waals surface area contributed by atoms with Gasteiger partial charge in [0.15, 0.2) is 0 Å². The Kier molecular flexibility index (Phi) is 2.59. The van der Waals surface area contributed by atoms with E-state index in [0.717, 1.165) is 23.9 Å². The minimum Gasteiger partial charge on any atom is -0.333 e. The smallest absolute Gasteiger partial charge is 0.246 e. The number of rotatable bonds is 0. The average Bonchev–Trinajstić information content (AvgIpc) is 2.73. The second-order valence-corrected chi connectivity index (χ2v) is 5.96. The summed E-state index contributed by atoms with van der Waals surface area (Å²) in [6.45, 7) is 1.58. The molecule has 0 radical (unpaired) electrons. The van der Waals surface area contributed by atoms with Gasteiger partial charge in [0.25, 0.3) is 0 Å². The van der Waals surface area contributed by atoms with Gasteiger partial charge in [0, 0.05) is 13.1 Å². The Labute approximate surface area is 102 Å². The zero-order chi connectivity index (χ0) is 11.1. The molecule has 1 fully saturated rings. The summed E-state index contributed by atoms with van der Waals surface area (Å²) in [6.07, 6.45) is 2.82. The lowest BCUT2D eigenvalue weighted by molar-refractivity contribution is -0.128. The van der Waals surface area contributed by atoms with Gasteiger partial charge in [-0.1, -0.05) is 11.8 Å². The Bertz CT molecular complexity index is 395. The van der Waals surface area contributed by atoms with Crippen LogP contribution in [0.15, 0.2) is 9.98 Å². The van der Waals surface area contributed by atoms with E-state index in [-0.39, 0.29) is 17.3 Å². The Balaban J connectivity index is 1.88. The molecule has 0 spiro atoms. The zero-order valence-corrected chi connectivity index (χ0v) is 10.5. The Hall–Kier alpha value is -0.690. The van der Waals surface area contributed by atoms with E-state index in [0.29, 0.717) is 5.96 Å². The molecule has 16 heavy (non-hydrogen) atoms. The molecule has 3 rings (SSSR count). The fraction of sp³-hybridized carbons (Fsp3) is 0.667. The van der Waals surface area contributed by atoms with Gasteiger partial charge in [-0.2, -0.15) is 0 Å². The first-order chi connectivity index (χ1) is 7.79.